The second-order valence-corrected chi connectivity index (χ2v) is 8.94. The lowest BCUT2D eigenvalue weighted by Crippen LogP contribution is -2.46. The minimum absolute atomic E-state index is 0.106. The maximum absolute atomic E-state index is 13.9. The van der Waals surface area contributed by atoms with E-state index in [4.69, 9.17) is 5.73 Å². The van der Waals surface area contributed by atoms with Crippen molar-refractivity contribution in [3.05, 3.63) is 65.2 Å². The van der Waals surface area contributed by atoms with Gasteiger partial charge in [-0.25, -0.2) is 18.2 Å². The topological polar surface area (TPSA) is 104 Å². The van der Waals surface area contributed by atoms with E-state index in [1.165, 1.54) is 16.7 Å². The summed E-state index contributed by atoms with van der Waals surface area (Å²) in [6.07, 6.45) is -0.301. The molecule has 2 atom stereocenters. The number of nitrogens with zero attached hydrogens (tertiary/aromatic N) is 2. The number of carbonyl (C=O) groups is 2. The fraction of sp³-hybridized carbons (Fsp3) is 0.318. The van der Waals surface area contributed by atoms with E-state index in [2.05, 4.69) is 15.3 Å². The van der Waals surface area contributed by atoms with Gasteiger partial charge in [-0.05, 0) is 30.2 Å². The number of nitrogens with one attached hydrogen (secondary N) is 2. The second kappa shape index (κ2) is 9.84. The molecule has 174 valence electrons. The summed E-state index contributed by atoms with van der Waals surface area (Å²) in [6.45, 7) is 0.556. The molecule has 33 heavy (non-hydrogen) atoms. The largest absolute Gasteiger partial charge is 0.346 e. The highest BCUT2D eigenvalue weighted by Crippen LogP contribution is 2.25. The Morgan fingerprint density at radius 1 is 1.21 bits per heavy atom. The Morgan fingerprint density at radius 2 is 1.97 bits per heavy atom. The van der Waals surface area contributed by atoms with Gasteiger partial charge in [-0.1, -0.05) is 12.1 Å². The van der Waals surface area contributed by atoms with Crippen molar-refractivity contribution >= 4 is 34.6 Å². The molecule has 1 fully saturated rings. The van der Waals surface area contributed by atoms with Crippen LogP contribution in [-0.2, 0) is 22.6 Å². The first kappa shape index (κ1) is 23.1. The van der Waals surface area contributed by atoms with E-state index in [9.17, 15) is 22.8 Å². The number of aromatic amines is 1. The first-order valence-corrected chi connectivity index (χ1v) is 11.4. The highest BCUT2D eigenvalue weighted by Gasteiger charge is 2.35. The summed E-state index contributed by atoms with van der Waals surface area (Å²) in [5.41, 5.74) is 7.52. The molecule has 1 aliphatic rings. The number of amides is 2. The summed E-state index contributed by atoms with van der Waals surface area (Å²) in [5, 5.41) is 2.08. The minimum atomic E-state index is -1.29. The van der Waals surface area contributed by atoms with Crippen molar-refractivity contribution in [2.75, 3.05) is 12.3 Å². The summed E-state index contributed by atoms with van der Waals surface area (Å²) >= 11 is 1.33. The number of benzene rings is 2. The van der Waals surface area contributed by atoms with Crippen LogP contribution in [0.1, 0.15) is 17.8 Å². The van der Waals surface area contributed by atoms with Crippen LogP contribution in [-0.4, -0.2) is 50.4 Å². The molecule has 0 aliphatic carbocycles. The zero-order valence-corrected chi connectivity index (χ0v) is 18.3. The van der Waals surface area contributed by atoms with E-state index in [1.54, 1.807) is 0 Å². The zero-order valence-electron chi connectivity index (χ0n) is 17.5. The summed E-state index contributed by atoms with van der Waals surface area (Å²) in [6, 6.07) is 7.88. The first-order chi connectivity index (χ1) is 15.8. The van der Waals surface area contributed by atoms with Gasteiger partial charge in [0.15, 0.2) is 17.0 Å². The normalized spacial score (nSPS) is 16.8. The molecule has 11 heteroatoms. The molecule has 2 heterocycles. The second-order valence-electron chi connectivity index (χ2n) is 7.75. The van der Waals surface area contributed by atoms with Gasteiger partial charge in [0.25, 0.3) is 5.91 Å². The van der Waals surface area contributed by atoms with Gasteiger partial charge in [0.1, 0.15) is 11.6 Å². The van der Waals surface area contributed by atoms with Crippen LogP contribution in [0.5, 0.6) is 0 Å². The van der Waals surface area contributed by atoms with Crippen LogP contribution in [0.15, 0.2) is 36.4 Å². The Hall–Kier alpha value is -3.05. The number of H-pyrrole nitrogens is 1. The molecular weight excluding hydrogens is 455 g/mol. The summed E-state index contributed by atoms with van der Waals surface area (Å²) < 4.78 is 40.4. The van der Waals surface area contributed by atoms with Crippen molar-refractivity contribution in [3.63, 3.8) is 0 Å². The monoisotopic (exact) mass is 477 g/mol. The number of halogens is 3. The van der Waals surface area contributed by atoms with E-state index in [-0.39, 0.29) is 36.8 Å². The molecule has 0 saturated carbocycles. The van der Waals surface area contributed by atoms with Gasteiger partial charge in [-0.3, -0.25) is 9.59 Å². The van der Waals surface area contributed by atoms with Crippen LogP contribution >= 0.6 is 11.8 Å². The number of carbonyl (C=O) groups excluding carboxylic acids is 2. The smallest absolute Gasteiger partial charge is 0.253 e. The quantitative estimate of drug-likeness (QED) is 0.454. The third kappa shape index (κ3) is 5.31. The van der Waals surface area contributed by atoms with E-state index >= 15 is 0 Å². The number of aromatic nitrogens is 2. The number of thioether (sulfide) groups is 1. The summed E-state index contributed by atoms with van der Waals surface area (Å²) in [5.74, 6) is -2.89. The molecule has 2 unspecified atom stereocenters. The van der Waals surface area contributed by atoms with E-state index < -0.39 is 28.9 Å². The average molecular weight is 478 g/mol. The number of para-hydroxylation sites is 2. The number of fused-ring (bicyclic) bond motifs is 1. The number of nitrogens with two attached hydrogens (primary N) is 1. The van der Waals surface area contributed by atoms with E-state index in [0.29, 0.717) is 24.2 Å². The minimum Gasteiger partial charge on any atom is -0.346 e. The van der Waals surface area contributed by atoms with Crippen LogP contribution in [0.3, 0.4) is 0 Å². The molecule has 0 spiro atoms. The fourth-order valence-electron chi connectivity index (χ4n) is 3.71. The Bertz CT molecular complexity index is 1160. The van der Waals surface area contributed by atoms with Crippen LogP contribution in [0.25, 0.3) is 11.0 Å². The van der Waals surface area contributed by atoms with Gasteiger partial charge in [0.05, 0.1) is 17.6 Å². The number of hydrogen-bond donors (Lipinski definition) is 3. The lowest BCUT2D eigenvalue weighted by Gasteiger charge is -2.24. The van der Waals surface area contributed by atoms with Crippen LogP contribution < -0.4 is 11.1 Å². The molecule has 7 nitrogen and oxygen atoms in total. The maximum atomic E-state index is 13.9. The third-order valence-corrected chi connectivity index (χ3v) is 6.51. The Morgan fingerprint density at radius 3 is 2.76 bits per heavy atom. The van der Waals surface area contributed by atoms with Crippen molar-refractivity contribution in [3.8, 4) is 0 Å². The molecular formula is C22H22F3N5O2S. The molecule has 4 rings (SSSR count). The van der Waals surface area contributed by atoms with Crippen molar-refractivity contribution in [1.29, 1.82) is 0 Å². The van der Waals surface area contributed by atoms with Gasteiger partial charge in [0.2, 0.25) is 5.91 Å². The van der Waals surface area contributed by atoms with Gasteiger partial charge in [-0.15, -0.1) is 11.8 Å². The predicted octanol–water partition coefficient (Wildman–Crippen LogP) is 2.46. The molecule has 1 aliphatic heterocycles. The summed E-state index contributed by atoms with van der Waals surface area (Å²) in [4.78, 5) is 34.4. The fourth-order valence-corrected chi connectivity index (χ4v) is 4.87. The number of hydrogen-bond acceptors (Lipinski definition) is 5. The molecule has 2 amide bonds. The lowest BCUT2D eigenvalue weighted by atomic mass is 10.0. The standard InChI is InChI=1S/C22H22F3N5O2S/c23-14-10-16(25)15(24)8-12(14)7-13(26)9-20(31)30-5-6-33-22(30)21(32)27-11-19-28-17-3-1-2-4-18(17)29-19/h1-4,8,10,13,22H,5-7,9,11,26H2,(H,27,32)(H,28,29). The first-order valence-electron chi connectivity index (χ1n) is 10.3. The summed E-state index contributed by atoms with van der Waals surface area (Å²) in [7, 11) is 0. The van der Waals surface area contributed by atoms with Crippen molar-refractivity contribution < 1.29 is 22.8 Å². The SMILES string of the molecule is NC(CC(=O)N1CCSC1C(=O)NCc1nc2ccccc2[nH]1)Cc1cc(F)c(F)cc1F. The van der Waals surface area contributed by atoms with Crippen molar-refractivity contribution in [1.82, 2.24) is 20.2 Å². The Kier molecular flexibility index (Phi) is 6.89. The molecule has 0 radical (unpaired) electrons. The number of rotatable bonds is 7. The number of imidazole rings is 1. The predicted molar refractivity (Wildman–Crippen MR) is 119 cm³/mol. The third-order valence-electron chi connectivity index (χ3n) is 5.31. The molecule has 0 bridgehead atoms. The van der Waals surface area contributed by atoms with E-state index in [1.807, 2.05) is 24.3 Å². The zero-order chi connectivity index (χ0) is 23.5. The van der Waals surface area contributed by atoms with Crippen LogP contribution in [0.2, 0.25) is 0 Å². The van der Waals surface area contributed by atoms with Crippen molar-refractivity contribution in [2.45, 2.75) is 30.8 Å². The molecule has 1 aromatic heterocycles. The highest BCUT2D eigenvalue weighted by molar-refractivity contribution is 8.00. The molecule has 4 N–H and O–H groups in total. The van der Waals surface area contributed by atoms with Gasteiger partial charge < -0.3 is 20.9 Å². The average Bonchev–Trinajstić information content (AvgIpc) is 3.42. The Labute approximate surface area is 191 Å². The molecule has 2 aromatic carbocycles. The van der Waals surface area contributed by atoms with Gasteiger partial charge in [-0.2, -0.15) is 0 Å². The molecule has 3 aromatic rings. The van der Waals surface area contributed by atoms with Crippen LogP contribution in [0, 0.1) is 17.5 Å². The van der Waals surface area contributed by atoms with Gasteiger partial charge >= 0.3 is 0 Å². The van der Waals surface area contributed by atoms with Crippen LogP contribution in [0.4, 0.5) is 13.2 Å². The van der Waals surface area contributed by atoms with Gasteiger partial charge in [0, 0.05) is 30.8 Å². The lowest BCUT2D eigenvalue weighted by molar-refractivity contribution is -0.136. The van der Waals surface area contributed by atoms with E-state index in [0.717, 1.165) is 17.1 Å². The Balaban J connectivity index is 1.33. The highest BCUT2D eigenvalue weighted by atomic mass is 32.2. The molecule has 1 saturated heterocycles. The van der Waals surface area contributed by atoms with Crippen molar-refractivity contribution in [2.24, 2.45) is 5.73 Å². The maximum Gasteiger partial charge on any atom is 0.253 e.